The van der Waals surface area contributed by atoms with Crippen molar-refractivity contribution in [2.75, 3.05) is 19.7 Å². The first-order valence-corrected chi connectivity index (χ1v) is 5.49. The first-order chi connectivity index (χ1) is 5.67. The maximum absolute atomic E-state index is 11.3. The zero-order valence-electron chi connectivity index (χ0n) is 7.12. The first-order valence-electron chi connectivity index (χ1n) is 4.05. The van der Waals surface area contributed by atoms with Crippen LogP contribution < -0.4 is 4.89 Å². The van der Waals surface area contributed by atoms with Crippen LogP contribution >= 0.6 is 0 Å². The standard InChI is InChI=1S/C6H14N2O3S/c1-2-11-7-12(9,10)8-5-3-4-6-8/h7H,2-6H2,1H3. The van der Waals surface area contributed by atoms with E-state index in [4.69, 9.17) is 0 Å². The summed E-state index contributed by atoms with van der Waals surface area (Å²) < 4.78 is 24.0. The van der Waals surface area contributed by atoms with Crippen molar-refractivity contribution >= 4 is 10.2 Å². The van der Waals surface area contributed by atoms with Crippen molar-refractivity contribution in [3.05, 3.63) is 0 Å². The Labute approximate surface area is 72.8 Å². The molecule has 5 nitrogen and oxygen atoms in total. The molecule has 0 aliphatic carbocycles. The summed E-state index contributed by atoms with van der Waals surface area (Å²) in [5, 5.41) is 0. The third-order valence-corrected chi connectivity index (χ3v) is 3.09. The van der Waals surface area contributed by atoms with Crippen molar-refractivity contribution in [1.29, 1.82) is 0 Å². The molecule has 1 aliphatic rings. The number of hydrogen-bond acceptors (Lipinski definition) is 3. The average molecular weight is 194 g/mol. The van der Waals surface area contributed by atoms with Crippen molar-refractivity contribution < 1.29 is 13.3 Å². The second kappa shape index (κ2) is 4.18. The van der Waals surface area contributed by atoms with Gasteiger partial charge in [-0.15, -0.1) is 0 Å². The number of nitrogens with zero attached hydrogens (tertiary/aromatic N) is 1. The van der Waals surface area contributed by atoms with E-state index in [1.165, 1.54) is 4.31 Å². The molecule has 0 radical (unpaired) electrons. The van der Waals surface area contributed by atoms with Gasteiger partial charge >= 0.3 is 10.2 Å². The minimum Gasteiger partial charge on any atom is -0.286 e. The predicted octanol–water partition coefficient (Wildman–Crippen LogP) is -0.132. The van der Waals surface area contributed by atoms with Crippen molar-refractivity contribution in [2.45, 2.75) is 19.8 Å². The molecule has 0 saturated carbocycles. The van der Waals surface area contributed by atoms with E-state index < -0.39 is 10.2 Å². The van der Waals surface area contributed by atoms with E-state index in [1.54, 1.807) is 6.92 Å². The maximum Gasteiger partial charge on any atom is 0.301 e. The molecule has 12 heavy (non-hydrogen) atoms. The van der Waals surface area contributed by atoms with Gasteiger partial charge in [0.2, 0.25) is 0 Å². The lowest BCUT2D eigenvalue weighted by atomic mass is 10.4. The van der Waals surface area contributed by atoms with E-state index in [0.717, 1.165) is 12.8 Å². The molecule has 1 aliphatic heterocycles. The van der Waals surface area contributed by atoms with Crippen LogP contribution in [-0.2, 0) is 15.0 Å². The fourth-order valence-corrected chi connectivity index (χ4v) is 2.23. The molecule has 1 fully saturated rings. The summed E-state index contributed by atoms with van der Waals surface area (Å²) in [6.45, 7) is 3.27. The summed E-state index contributed by atoms with van der Waals surface area (Å²) in [4.78, 5) is 6.68. The zero-order valence-corrected chi connectivity index (χ0v) is 7.93. The van der Waals surface area contributed by atoms with Crippen LogP contribution in [0, 0.1) is 0 Å². The van der Waals surface area contributed by atoms with Crippen LogP contribution in [-0.4, -0.2) is 32.4 Å². The summed E-state index contributed by atoms with van der Waals surface area (Å²) in [7, 11) is -3.36. The van der Waals surface area contributed by atoms with Gasteiger partial charge < -0.3 is 0 Å². The van der Waals surface area contributed by atoms with Crippen LogP contribution in [0.4, 0.5) is 0 Å². The topological polar surface area (TPSA) is 58.6 Å². The molecule has 0 bridgehead atoms. The molecule has 0 spiro atoms. The van der Waals surface area contributed by atoms with Crippen LogP contribution in [0.25, 0.3) is 0 Å². The Balaban J connectivity index is 2.46. The predicted molar refractivity (Wildman–Crippen MR) is 44.5 cm³/mol. The zero-order chi connectivity index (χ0) is 9.03. The van der Waals surface area contributed by atoms with Crippen molar-refractivity contribution in [3.8, 4) is 0 Å². The minimum atomic E-state index is -3.36. The Morgan fingerprint density at radius 3 is 2.50 bits per heavy atom. The van der Waals surface area contributed by atoms with Crippen molar-refractivity contribution in [1.82, 2.24) is 9.19 Å². The van der Waals surface area contributed by atoms with Gasteiger partial charge in [0, 0.05) is 13.1 Å². The highest BCUT2D eigenvalue weighted by Crippen LogP contribution is 2.10. The summed E-state index contributed by atoms with van der Waals surface area (Å²) in [5.41, 5.74) is 0. The van der Waals surface area contributed by atoms with Crippen LogP contribution in [0.3, 0.4) is 0 Å². The second-order valence-electron chi connectivity index (χ2n) is 2.63. The highest BCUT2D eigenvalue weighted by Gasteiger charge is 2.24. The minimum absolute atomic E-state index is 0.340. The summed E-state index contributed by atoms with van der Waals surface area (Å²) in [5.74, 6) is 0. The van der Waals surface area contributed by atoms with Gasteiger partial charge in [0.05, 0.1) is 6.61 Å². The Morgan fingerprint density at radius 1 is 1.42 bits per heavy atom. The van der Waals surface area contributed by atoms with Gasteiger partial charge in [0.1, 0.15) is 0 Å². The highest BCUT2D eigenvalue weighted by molar-refractivity contribution is 7.87. The average Bonchev–Trinajstić information content (AvgIpc) is 2.53. The molecular formula is C6H14N2O3S. The summed E-state index contributed by atoms with van der Waals surface area (Å²) >= 11 is 0. The molecule has 1 N–H and O–H groups in total. The van der Waals surface area contributed by atoms with Crippen LogP contribution in [0.5, 0.6) is 0 Å². The van der Waals surface area contributed by atoms with Gasteiger partial charge in [-0.2, -0.15) is 12.7 Å². The quantitative estimate of drug-likeness (QED) is 0.634. The molecule has 1 heterocycles. The molecule has 1 rings (SSSR count). The fraction of sp³-hybridized carbons (Fsp3) is 1.00. The van der Waals surface area contributed by atoms with Crippen molar-refractivity contribution in [2.24, 2.45) is 0 Å². The van der Waals surface area contributed by atoms with Crippen LogP contribution in [0.1, 0.15) is 19.8 Å². The molecule has 0 atom stereocenters. The Morgan fingerprint density at radius 2 is 2.00 bits per heavy atom. The molecule has 0 amide bonds. The maximum atomic E-state index is 11.3. The third kappa shape index (κ3) is 2.41. The molecule has 72 valence electrons. The summed E-state index contributed by atoms with van der Waals surface area (Å²) in [6.07, 6.45) is 1.88. The largest absolute Gasteiger partial charge is 0.301 e. The van der Waals surface area contributed by atoms with Gasteiger partial charge in [-0.3, -0.25) is 4.84 Å². The van der Waals surface area contributed by atoms with E-state index in [-0.39, 0.29) is 0 Å². The van der Waals surface area contributed by atoms with E-state index in [2.05, 4.69) is 4.84 Å². The van der Waals surface area contributed by atoms with E-state index in [1.807, 2.05) is 4.89 Å². The van der Waals surface area contributed by atoms with Gasteiger partial charge in [0.15, 0.2) is 0 Å². The lowest BCUT2D eigenvalue weighted by Gasteiger charge is -2.14. The van der Waals surface area contributed by atoms with Gasteiger partial charge in [-0.25, -0.2) is 0 Å². The molecule has 0 aromatic carbocycles. The van der Waals surface area contributed by atoms with Gasteiger partial charge in [-0.05, 0) is 19.8 Å². The lowest BCUT2D eigenvalue weighted by molar-refractivity contribution is 0.100. The fourth-order valence-electron chi connectivity index (χ4n) is 1.11. The Kier molecular flexibility index (Phi) is 3.45. The van der Waals surface area contributed by atoms with Crippen molar-refractivity contribution in [3.63, 3.8) is 0 Å². The Bertz CT molecular complexity index is 221. The molecule has 6 heteroatoms. The summed E-state index contributed by atoms with van der Waals surface area (Å²) in [6, 6.07) is 0. The molecule has 0 aromatic rings. The SMILES string of the molecule is CCONS(=O)(=O)N1CCCC1. The molecule has 0 unspecified atom stereocenters. The highest BCUT2D eigenvalue weighted by atomic mass is 32.2. The number of nitrogens with one attached hydrogen (secondary N) is 1. The second-order valence-corrected chi connectivity index (χ2v) is 4.26. The van der Waals surface area contributed by atoms with E-state index in [0.29, 0.717) is 19.7 Å². The number of hydrogen-bond donors (Lipinski definition) is 1. The van der Waals surface area contributed by atoms with Gasteiger partial charge in [0.25, 0.3) is 0 Å². The van der Waals surface area contributed by atoms with E-state index in [9.17, 15) is 8.42 Å². The molecule has 1 saturated heterocycles. The first kappa shape index (κ1) is 9.91. The van der Waals surface area contributed by atoms with Crippen LogP contribution in [0.15, 0.2) is 0 Å². The number of rotatable bonds is 4. The van der Waals surface area contributed by atoms with Gasteiger partial charge in [-0.1, -0.05) is 4.89 Å². The third-order valence-electron chi connectivity index (χ3n) is 1.71. The monoisotopic (exact) mass is 194 g/mol. The normalized spacial score (nSPS) is 20.1. The smallest absolute Gasteiger partial charge is 0.286 e. The Hall–Kier alpha value is -0.170. The lowest BCUT2D eigenvalue weighted by Crippen LogP contribution is -2.38. The molecular weight excluding hydrogens is 180 g/mol. The van der Waals surface area contributed by atoms with E-state index >= 15 is 0 Å². The molecule has 0 aromatic heterocycles. The van der Waals surface area contributed by atoms with Crippen LogP contribution in [0.2, 0.25) is 0 Å².